The molecular formula is C23H28Br4O4. The van der Waals surface area contributed by atoms with Crippen LogP contribution >= 0.6 is 63.7 Å². The number of benzene rings is 2. The molecule has 2 unspecified atom stereocenters. The normalized spacial score (nSPS) is 13.7. The number of halogens is 4. The van der Waals surface area contributed by atoms with Crippen molar-refractivity contribution in [2.45, 2.75) is 58.2 Å². The Morgan fingerprint density at radius 1 is 0.710 bits per heavy atom. The zero-order valence-electron chi connectivity index (χ0n) is 18.0. The van der Waals surface area contributed by atoms with E-state index in [1.807, 2.05) is 38.1 Å². The largest absolute Gasteiger partial charge is 0.489 e. The van der Waals surface area contributed by atoms with Crippen LogP contribution < -0.4 is 9.47 Å². The van der Waals surface area contributed by atoms with E-state index in [0.717, 1.165) is 29.0 Å². The lowest BCUT2D eigenvalue weighted by molar-refractivity contribution is 0.103. The molecule has 8 heteroatoms. The topological polar surface area (TPSA) is 58.9 Å². The molecule has 0 saturated heterocycles. The summed E-state index contributed by atoms with van der Waals surface area (Å²) < 4.78 is 14.9. The Balaban J connectivity index is 2.34. The molecule has 2 atom stereocenters. The summed E-state index contributed by atoms with van der Waals surface area (Å²) >= 11 is 14.5. The highest BCUT2D eigenvalue weighted by molar-refractivity contribution is 9.11. The van der Waals surface area contributed by atoms with Crippen LogP contribution in [-0.4, -0.2) is 35.6 Å². The average Bonchev–Trinajstić information content (AvgIpc) is 2.71. The molecule has 0 aliphatic rings. The predicted octanol–water partition coefficient (Wildman–Crippen LogP) is 7.36. The van der Waals surface area contributed by atoms with E-state index >= 15 is 0 Å². The van der Waals surface area contributed by atoms with Crippen molar-refractivity contribution in [1.29, 1.82) is 0 Å². The third-order valence-corrected chi connectivity index (χ3v) is 7.58. The number of hydrogen-bond acceptors (Lipinski definition) is 4. The summed E-state index contributed by atoms with van der Waals surface area (Å²) in [6, 6.07) is 8.18. The molecule has 0 amide bonds. The van der Waals surface area contributed by atoms with Gasteiger partial charge in [-0.1, -0.05) is 27.7 Å². The van der Waals surface area contributed by atoms with Gasteiger partial charge in [-0.2, -0.15) is 0 Å². The van der Waals surface area contributed by atoms with Crippen LogP contribution in [0, 0.1) is 0 Å². The lowest BCUT2D eigenvalue weighted by atomic mass is 9.78. The van der Waals surface area contributed by atoms with E-state index in [9.17, 15) is 10.2 Å². The predicted molar refractivity (Wildman–Crippen MR) is 139 cm³/mol. The van der Waals surface area contributed by atoms with E-state index in [4.69, 9.17) is 9.47 Å². The first-order valence-corrected chi connectivity index (χ1v) is 13.3. The summed E-state index contributed by atoms with van der Waals surface area (Å²) in [5, 5.41) is 19.6. The minimum absolute atomic E-state index is 0.241. The van der Waals surface area contributed by atoms with E-state index in [0.29, 0.717) is 24.3 Å². The molecular weight excluding hydrogens is 660 g/mol. The number of aliphatic hydroxyl groups is 2. The van der Waals surface area contributed by atoms with Crippen molar-refractivity contribution in [3.63, 3.8) is 0 Å². The zero-order valence-corrected chi connectivity index (χ0v) is 24.4. The first-order chi connectivity index (χ1) is 14.5. The molecule has 2 N–H and O–H groups in total. The van der Waals surface area contributed by atoms with E-state index in [-0.39, 0.29) is 18.6 Å². The van der Waals surface area contributed by atoms with Crippen molar-refractivity contribution in [3.8, 4) is 11.5 Å². The Kier molecular flexibility index (Phi) is 10.4. The molecule has 4 nitrogen and oxygen atoms in total. The fourth-order valence-electron chi connectivity index (χ4n) is 2.88. The third-order valence-electron chi connectivity index (χ3n) is 5.22. The van der Waals surface area contributed by atoms with Crippen LogP contribution in [0.3, 0.4) is 0 Å². The summed E-state index contributed by atoms with van der Waals surface area (Å²) in [4.78, 5) is 0. The summed E-state index contributed by atoms with van der Waals surface area (Å²) in [5.74, 6) is 1.35. The molecule has 0 radical (unpaired) electrons. The van der Waals surface area contributed by atoms with Gasteiger partial charge in [-0.05, 0) is 112 Å². The number of hydrogen-bond donors (Lipinski definition) is 2. The minimum atomic E-state index is -0.496. The lowest BCUT2D eigenvalue weighted by Gasteiger charge is -2.28. The van der Waals surface area contributed by atoms with E-state index < -0.39 is 12.2 Å². The van der Waals surface area contributed by atoms with Crippen molar-refractivity contribution in [3.05, 3.63) is 53.3 Å². The Morgan fingerprint density at radius 2 is 1.00 bits per heavy atom. The second-order valence-corrected chi connectivity index (χ2v) is 11.3. The Labute approximate surface area is 218 Å². The van der Waals surface area contributed by atoms with E-state index in [1.54, 1.807) is 0 Å². The van der Waals surface area contributed by atoms with Crippen molar-refractivity contribution in [2.24, 2.45) is 0 Å². The second-order valence-electron chi connectivity index (χ2n) is 7.91. The van der Waals surface area contributed by atoms with E-state index in [1.165, 1.54) is 0 Å². The van der Waals surface area contributed by atoms with Gasteiger partial charge in [0.1, 0.15) is 24.7 Å². The Morgan fingerprint density at radius 3 is 1.26 bits per heavy atom. The SMILES string of the molecule is CCC(O)COc1c(Br)cc(C(C)(C)c2cc(Br)c(OCC(O)CC)c(Br)c2)cc1Br. The number of ether oxygens (including phenoxy) is 2. The van der Waals surface area contributed by atoms with E-state index in [2.05, 4.69) is 77.6 Å². The summed E-state index contributed by atoms with van der Waals surface area (Å²) in [5.41, 5.74) is 1.85. The molecule has 2 aromatic carbocycles. The highest BCUT2D eigenvalue weighted by Gasteiger charge is 2.27. The minimum Gasteiger partial charge on any atom is -0.489 e. The quantitative estimate of drug-likeness (QED) is 0.274. The monoisotopic (exact) mass is 684 g/mol. The highest BCUT2D eigenvalue weighted by Crippen LogP contribution is 2.44. The molecule has 0 aromatic heterocycles. The van der Waals surface area contributed by atoms with Gasteiger partial charge in [-0.15, -0.1) is 0 Å². The standard InChI is InChI=1S/C23H28Br4O4/c1-5-15(28)11-30-21-17(24)7-13(8-18(21)25)23(3,4)14-9-19(26)22(20(27)10-14)31-12-16(29)6-2/h7-10,15-16,28-29H,5-6,11-12H2,1-4H3. The Hall–Kier alpha value is -0.120. The van der Waals surface area contributed by atoms with Crippen LogP contribution in [-0.2, 0) is 5.41 Å². The molecule has 172 valence electrons. The molecule has 0 heterocycles. The number of aliphatic hydroxyl groups excluding tert-OH is 2. The van der Waals surface area contributed by atoms with Gasteiger partial charge in [0.25, 0.3) is 0 Å². The maximum atomic E-state index is 9.80. The lowest BCUT2D eigenvalue weighted by Crippen LogP contribution is -2.20. The van der Waals surface area contributed by atoms with Crippen LogP contribution in [0.25, 0.3) is 0 Å². The maximum Gasteiger partial charge on any atom is 0.147 e. The molecule has 2 rings (SSSR count). The van der Waals surface area contributed by atoms with Gasteiger partial charge in [0.15, 0.2) is 0 Å². The van der Waals surface area contributed by atoms with Crippen molar-refractivity contribution < 1.29 is 19.7 Å². The Bertz CT molecular complexity index is 784. The fourth-order valence-corrected chi connectivity index (χ4v) is 5.71. The van der Waals surface area contributed by atoms with Crippen LogP contribution in [0.1, 0.15) is 51.7 Å². The van der Waals surface area contributed by atoms with Gasteiger partial charge in [0.2, 0.25) is 0 Å². The van der Waals surface area contributed by atoms with Crippen molar-refractivity contribution in [1.82, 2.24) is 0 Å². The highest BCUT2D eigenvalue weighted by atomic mass is 79.9. The van der Waals surface area contributed by atoms with Gasteiger partial charge < -0.3 is 19.7 Å². The fraction of sp³-hybridized carbons (Fsp3) is 0.478. The summed E-state index contributed by atoms with van der Waals surface area (Å²) in [6.45, 7) is 8.62. The summed E-state index contributed by atoms with van der Waals surface area (Å²) in [7, 11) is 0. The average molecular weight is 688 g/mol. The second kappa shape index (κ2) is 11.8. The van der Waals surface area contributed by atoms with Gasteiger partial charge >= 0.3 is 0 Å². The van der Waals surface area contributed by atoms with Crippen LogP contribution in [0.5, 0.6) is 11.5 Å². The van der Waals surface area contributed by atoms with Gasteiger partial charge in [-0.25, -0.2) is 0 Å². The molecule has 0 aliphatic heterocycles. The van der Waals surface area contributed by atoms with Gasteiger partial charge in [0.05, 0.1) is 30.1 Å². The van der Waals surface area contributed by atoms with Crippen LogP contribution in [0.15, 0.2) is 42.2 Å². The molecule has 0 spiro atoms. The van der Waals surface area contributed by atoms with Crippen molar-refractivity contribution >= 4 is 63.7 Å². The maximum absolute atomic E-state index is 9.80. The third kappa shape index (κ3) is 6.93. The number of rotatable bonds is 10. The molecule has 0 saturated carbocycles. The van der Waals surface area contributed by atoms with Gasteiger partial charge in [-0.3, -0.25) is 0 Å². The smallest absolute Gasteiger partial charge is 0.147 e. The van der Waals surface area contributed by atoms with Crippen LogP contribution in [0.4, 0.5) is 0 Å². The summed E-state index contributed by atoms with van der Waals surface area (Å²) in [6.07, 6.45) is 0.287. The first-order valence-electron chi connectivity index (χ1n) is 10.1. The van der Waals surface area contributed by atoms with Crippen LogP contribution in [0.2, 0.25) is 0 Å². The zero-order chi connectivity index (χ0) is 23.3. The van der Waals surface area contributed by atoms with Crippen molar-refractivity contribution in [2.75, 3.05) is 13.2 Å². The molecule has 0 bridgehead atoms. The molecule has 31 heavy (non-hydrogen) atoms. The molecule has 0 aliphatic carbocycles. The van der Waals surface area contributed by atoms with Gasteiger partial charge in [0, 0.05) is 5.41 Å². The first kappa shape index (κ1) is 27.1. The molecule has 2 aromatic rings. The molecule has 0 fully saturated rings.